The molecule has 0 radical (unpaired) electrons. The molecule has 0 aromatic rings. The second kappa shape index (κ2) is 16.1. The monoisotopic (exact) mass is 660 g/mol. The maximum atomic E-state index is 7.46. The Morgan fingerprint density at radius 1 is 0.350 bits per heavy atom. The summed E-state index contributed by atoms with van der Waals surface area (Å²) < 4.78 is 67.6. The first-order valence-corrected chi connectivity index (χ1v) is 25.4. The van der Waals surface area contributed by atoms with Gasteiger partial charge in [0, 0.05) is 35.5 Å². The van der Waals surface area contributed by atoms with E-state index >= 15 is 0 Å². The van der Waals surface area contributed by atoms with Gasteiger partial charge in [0.1, 0.15) is 0 Å². The molecule has 1 fully saturated rings. The minimum Gasteiger partial charge on any atom is -0.412 e. The standard InChI is InChI=1S/C25H60O10Si5/c1-16-36(21(6)26-11)31-37(17-2,22(7)27-12)33-39(19-4,24(9)29-14)35-40(20-5,25(10)30-15)34-38(18-3,32-36)23(8)28-13/h21-25H,16-20H2,1-15H3. The zero-order valence-electron chi connectivity index (χ0n) is 28.0. The van der Waals surface area contributed by atoms with Crippen LogP contribution in [0.2, 0.25) is 30.2 Å². The lowest BCUT2D eigenvalue weighted by Crippen LogP contribution is -2.78. The Labute approximate surface area is 250 Å². The number of ether oxygens (including phenoxy) is 5. The van der Waals surface area contributed by atoms with Crippen molar-refractivity contribution in [2.24, 2.45) is 0 Å². The van der Waals surface area contributed by atoms with E-state index in [1.165, 1.54) is 0 Å². The molecule has 5 atom stereocenters. The maximum absolute atomic E-state index is 7.46. The predicted octanol–water partition coefficient (Wildman–Crippen LogP) is 5.26. The predicted molar refractivity (Wildman–Crippen MR) is 169 cm³/mol. The highest BCUT2D eigenvalue weighted by atomic mass is 28.5. The molecule has 15 heteroatoms. The van der Waals surface area contributed by atoms with Crippen LogP contribution in [-0.2, 0) is 44.3 Å². The van der Waals surface area contributed by atoms with Gasteiger partial charge in [0.05, 0.1) is 28.6 Å². The van der Waals surface area contributed by atoms with E-state index in [1.54, 1.807) is 35.5 Å². The zero-order chi connectivity index (χ0) is 31.0. The van der Waals surface area contributed by atoms with Crippen LogP contribution in [0.15, 0.2) is 0 Å². The lowest BCUT2D eigenvalue weighted by molar-refractivity contribution is 0.0590. The van der Waals surface area contributed by atoms with Gasteiger partial charge in [-0.3, -0.25) is 0 Å². The summed E-state index contributed by atoms with van der Waals surface area (Å²) in [5.41, 5.74) is -1.50. The van der Waals surface area contributed by atoms with Gasteiger partial charge in [-0.15, -0.1) is 0 Å². The molecule has 1 aliphatic heterocycles. The molecule has 5 unspecified atom stereocenters. The highest BCUT2D eigenvalue weighted by Crippen LogP contribution is 2.43. The molecule has 1 aliphatic rings. The van der Waals surface area contributed by atoms with Crippen molar-refractivity contribution in [2.45, 2.75) is 128 Å². The van der Waals surface area contributed by atoms with E-state index in [4.69, 9.17) is 44.3 Å². The highest BCUT2D eigenvalue weighted by molar-refractivity contribution is 6.96. The minimum absolute atomic E-state index is 0.301. The van der Waals surface area contributed by atoms with E-state index in [2.05, 4.69) is 34.6 Å². The molecule has 10 nitrogen and oxygen atoms in total. The SMILES string of the molecule is CC[Si]1(C(C)OC)O[Si](CC)(C(C)OC)O[Si](CC)(C(C)OC)O[Si](CC)(C(C)OC)O[Si](CC)(C(C)OC)O1. The third-order valence-electron chi connectivity index (χ3n) is 9.06. The largest absolute Gasteiger partial charge is 0.412 e. The molecule has 0 spiro atoms. The van der Waals surface area contributed by atoms with Crippen LogP contribution in [0.3, 0.4) is 0 Å². The molecule has 0 aromatic heterocycles. The van der Waals surface area contributed by atoms with E-state index in [-0.39, 0.29) is 28.6 Å². The van der Waals surface area contributed by atoms with Gasteiger partial charge >= 0.3 is 42.8 Å². The molecule has 0 aliphatic carbocycles. The minimum atomic E-state index is -3.21. The lowest BCUT2D eigenvalue weighted by atomic mass is 10.8. The van der Waals surface area contributed by atoms with Gasteiger partial charge in [-0.05, 0) is 64.8 Å². The first kappa shape index (κ1) is 38.7. The summed E-state index contributed by atoms with van der Waals surface area (Å²) >= 11 is 0. The van der Waals surface area contributed by atoms with Gasteiger partial charge in [0.15, 0.2) is 0 Å². The van der Waals surface area contributed by atoms with Gasteiger partial charge < -0.3 is 44.3 Å². The summed E-state index contributed by atoms with van der Waals surface area (Å²) in [4.78, 5) is 0. The van der Waals surface area contributed by atoms with Crippen LogP contribution < -0.4 is 0 Å². The second-order valence-corrected chi connectivity index (χ2v) is 30.5. The Balaban J connectivity index is 4.38. The molecule has 0 bridgehead atoms. The number of hydrogen-bond donors (Lipinski definition) is 0. The van der Waals surface area contributed by atoms with E-state index in [9.17, 15) is 0 Å². The third-order valence-corrected chi connectivity index (χ3v) is 35.2. The molecule has 240 valence electrons. The molecule has 1 heterocycles. The molecular formula is C25H60O10Si5. The van der Waals surface area contributed by atoms with Gasteiger partial charge in [0.25, 0.3) is 0 Å². The van der Waals surface area contributed by atoms with Crippen molar-refractivity contribution < 1.29 is 44.3 Å². The van der Waals surface area contributed by atoms with Crippen LogP contribution in [0.5, 0.6) is 0 Å². The Morgan fingerprint density at radius 2 is 0.475 bits per heavy atom. The lowest BCUT2D eigenvalue weighted by Gasteiger charge is -2.56. The molecule has 0 saturated carbocycles. The Morgan fingerprint density at radius 3 is 0.550 bits per heavy atom. The zero-order valence-corrected chi connectivity index (χ0v) is 33.0. The van der Waals surface area contributed by atoms with E-state index in [0.717, 1.165) is 0 Å². The fourth-order valence-corrected chi connectivity index (χ4v) is 36.9. The summed E-state index contributed by atoms with van der Waals surface area (Å²) in [6, 6.07) is 3.23. The van der Waals surface area contributed by atoms with Crippen LogP contribution in [0.1, 0.15) is 69.2 Å². The van der Waals surface area contributed by atoms with Crippen molar-refractivity contribution in [2.75, 3.05) is 35.5 Å². The Hall–Kier alpha value is 0.684. The molecule has 0 N–H and O–H groups in total. The number of methoxy groups -OCH3 is 5. The maximum Gasteiger partial charge on any atom is 0.350 e. The van der Waals surface area contributed by atoms with E-state index < -0.39 is 42.8 Å². The van der Waals surface area contributed by atoms with Crippen LogP contribution >= 0.6 is 0 Å². The van der Waals surface area contributed by atoms with E-state index in [1.807, 2.05) is 34.6 Å². The van der Waals surface area contributed by atoms with Gasteiger partial charge in [-0.2, -0.15) is 0 Å². The van der Waals surface area contributed by atoms with Gasteiger partial charge in [0.2, 0.25) is 0 Å². The van der Waals surface area contributed by atoms with Crippen molar-refractivity contribution in [3.63, 3.8) is 0 Å². The normalized spacial score (nSPS) is 37.9. The van der Waals surface area contributed by atoms with Gasteiger partial charge in [-0.25, -0.2) is 0 Å². The fourth-order valence-electron chi connectivity index (χ4n) is 5.45. The van der Waals surface area contributed by atoms with E-state index in [0.29, 0.717) is 30.2 Å². The topological polar surface area (TPSA) is 92.3 Å². The van der Waals surface area contributed by atoms with Crippen molar-refractivity contribution >= 4 is 42.8 Å². The highest BCUT2D eigenvalue weighted by Gasteiger charge is 2.67. The number of hydrogen-bond acceptors (Lipinski definition) is 10. The quantitative estimate of drug-likeness (QED) is 0.217. The summed E-state index contributed by atoms with van der Waals surface area (Å²) in [5.74, 6) is 0. The van der Waals surface area contributed by atoms with Crippen molar-refractivity contribution in [1.29, 1.82) is 0 Å². The molecule has 1 saturated heterocycles. The number of rotatable bonds is 15. The Bertz CT molecular complexity index is 601. The average Bonchev–Trinajstić information content (AvgIpc) is 3.00. The summed E-state index contributed by atoms with van der Waals surface area (Å²) in [6.07, 6.45) is 0. The van der Waals surface area contributed by atoms with Gasteiger partial charge in [-0.1, -0.05) is 34.6 Å². The van der Waals surface area contributed by atoms with Crippen LogP contribution in [0.25, 0.3) is 0 Å². The second-order valence-electron chi connectivity index (χ2n) is 10.7. The Kier molecular flexibility index (Phi) is 15.6. The molecule has 40 heavy (non-hydrogen) atoms. The van der Waals surface area contributed by atoms with Crippen LogP contribution in [0, 0.1) is 0 Å². The smallest absolute Gasteiger partial charge is 0.350 e. The average molecular weight is 661 g/mol. The summed E-state index contributed by atoms with van der Waals surface area (Å²) in [6.45, 7) is 20.8. The third kappa shape index (κ3) is 7.48. The summed E-state index contributed by atoms with van der Waals surface area (Å²) in [5, 5.41) is 0. The van der Waals surface area contributed by atoms with Crippen molar-refractivity contribution in [3.05, 3.63) is 0 Å². The summed E-state index contributed by atoms with van der Waals surface area (Å²) in [7, 11) is -7.48. The first-order chi connectivity index (χ1) is 18.7. The fraction of sp³-hybridized carbons (Fsp3) is 1.00. The van der Waals surface area contributed by atoms with Crippen molar-refractivity contribution in [1.82, 2.24) is 0 Å². The molecule has 1 rings (SSSR count). The molecular weight excluding hydrogens is 601 g/mol. The van der Waals surface area contributed by atoms with Crippen molar-refractivity contribution in [3.8, 4) is 0 Å². The van der Waals surface area contributed by atoms with Crippen LogP contribution in [0.4, 0.5) is 0 Å². The molecule has 0 aromatic carbocycles. The van der Waals surface area contributed by atoms with Crippen LogP contribution in [-0.4, -0.2) is 107 Å². The first-order valence-electron chi connectivity index (χ1n) is 14.9. The molecule has 0 amide bonds.